The molecular weight excluding hydrogens is 455 g/mol. The van der Waals surface area contributed by atoms with Crippen LogP contribution in [0.15, 0.2) is 27.8 Å². The van der Waals surface area contributed by atoms with E-state index < -0.39 is 0 Å². The van der Waals surface area contributed by atoms with Crippen LogP contribution >= 0.6 is 24.0 Å². The largest absolute Gasteiger partial charge is 0.468 e. The van der Waals surface area contributed by atoms with Crippen molar-refractivity contribution in [1.82, 2.24) is 15.5 Å². The molecule has 1 aromatic rings. The number of aliphatic imine (C=N–C) groups is 1. The molecule has 1 aromatic heterocycles. The lowest BCUT2D eigenvalue weighted by Gasteiger charge is -2.33. The van der Waals surface area contributed by atoms with Gasteiger partial charge in [-0.05, 0) is 50.4 Å². The quantitative estimate of drug-likeness (QED) is 0.226. The Balaban J connectivity index is 0.00000364. The van der Waals surface area contributed by atoms with Crippen LogP contribution in [0.5, 0.6) is 0 Å². The molecule has 2 heterocycles. The SMILES string of the molecule is CN=C(NCCOCCC(C)C)NCC(c1ccco1)N1CCCCC1.I. The maximum absolute atomic E-state index is 5.70. The molecule has 1 atom stereocenters. The van der Waals surface area contributed by atoms with Crippen LogP contribution in [0, 0.1) is 5.92 Å². The second kappa shape index (κ2) is 14.2. The van der Waals surface area contributed by atoms with E-state index >= 15 is 0 Å². The van der Waals surface area contributed by atoms with Crippen LogP contribution in [0.2, 0.25) is 0 Å². The van der Waals surface area contributed by atoms with E-state index in [1.807, 2.05) is 6.07 Å². The van der Waals surface area contributed by atoms with Gasteiger partial charge in [-0.25, -0.2) is 0 Å². The Hall–Kier alpha value is -0.800. The number of ether oxygens (including phenoxy) is 1. The number of rotatable bonds is 10. The highest BCUT2D eigenvalue weighted by Crippen LogP contribution is 2.24. The number of furan rings is 1. The van der Waals surface area contributed by atoms with Gasteiger partial charge in [-0.3, -0.25) is 9.89 Å². The van der Waals surface area contributed by atoms with Crippen molar-refractivity contribution in [3.8, 4) is 0 Å². The summed E-state index contributed by atoms with van der Waals surface area (Å²) in [5, 5.41) is 6.77. The number of nitrogens with one attached hydrogen (secondary N) is 2. The van der Waals surface area contributed by atoms with Crippen molar-refractivity contribution in [3.05, 3.63) is 24.2 Å². The third kappa shape index (κ3) is 9.30. The lowest BCUT2D eigenvalue weighted by atomic mass is 10.1. The Bertz CT molecular complexity index is 502. The van der Waals surface area contributed by atoms with Crippen LogP contribution in [0.25, 0.3) is 0 Å². The molecule has 1 fully saturated rings. The van der Waals surface area contributed by atoms with Gasteiger partial charge in [0.1, 0.15) is 5.76 Å². The van der Waals surface area contributed by atoms with Gasteiger partial charge in [0.05, 0.1) is 18.9 Å². The normalized spacial score (nSPS) is 16.8. The molecule has 6 nitrogen and oxygen atoms in total. The van der Waals surface area contributed by atoms with Crippen molar-refractivity contribution in [3.63, 3.8) is 0 Å². The summed E-state index contributed by atoms with van der Waals surface area (Å²) in [6.07, 6.45) is 6.71. The molecule has 1 unspecified atom stereocenters. The summed E-state index contributed by atoms with van der Waals surface area (Å²) in [5.41, 5.74) is 0. The molecule has 0 spiro atoms. The van der Waals surface area contributed by atoms with Gasteiger partial charge < -0.3 is 19.8 Å². The molecular formula is C20H37IN4O2. The maximum atomic E-state index is 5.70. The summed E-state index contributed by atoms with van der Waals surface area (Å²) in [7, 11) is 1.80. The van der Waals surface area contributed by atoms with Crippen molar-refractivity contribution in [1.29, 1.82) is 0 Å². The number of halogens is 1. The standard InChI is InChI=1S/C20H36N4O2.HI/c1-17(2)9-14-25-15-10-22-20(21-3)23-16-18(19-8-7-13-26-19)24-11-5-4-6-12-24;/h7-8,13,17-18H,4-6,9-12,14-16H2,1-3H3,(H2,21,22,23);1H. The van der Waals surface area contributed by atoms with Gasteiger partial charge in [0, 0.05) is 26.7 Å². The molecule has 0 saturated carbocycles. The van der Waals surface area contributed by atoms with Crippen LogP contribution in [-0.2, 0) is 4.74 Å². The van der Waals surface area contributed by atoms with E-state index in [0.29, 0.717) is 12.5 Å². The minimum absolute atomic E-state index is 0. The zero-order valence-corrected chi connectivity index (χ0v) is 19.4. The van der Waals surface area contributed by atoms with Gasteiger partial charge in [-0.2, -0.15) is 0 Å². The number of hydrogen-bond acceptors (Lipinski definition) is 4. The predicted octanol–water partition coefficient (Wildman–Crippen LogP) is 3.65. The van der Waals surface area contributed by atoms with E-state index in [-0.39, 0.29) is 30.0 Å². The molecule has 1 aliphatic rings. The lowest BCUT2D eigenvalue weighted by Crippen LogP contribution is -2.45. The van der Waals surface area contributed by atoms with Crippen LogP contribution < -0.4 is 10.6 Å². The van der Waals surface area contributed by atoms with Crippen LogP contribution in [0.3, 0.4) is 0 Å². The highest BCUT2D eigenvalue weighted by atomic mass is 127. The average Bonchev–Trinajstić information content (AvgIpc) is 3.18. The molecule has 0 aromatic carbocycles. The van der Waals surface area contributed by atoms with Gasteiger partial charge in [0.25, 0.3) is 0 Å². The second-order valence-corrected chi connectivity index (χ2v) is 7.30. The summed E-state index contributed by atoms with van der Waals surface area (Å²) in [4.78, 5) is 6.83. The lowest BCUT2D eigenvalue weighted by molar-refractivity contribution is 0.127. The van der Waals surface area contributed by atoms with Crippen molar-refractivity contribution < 1.29 is 9.15 Å². The van der Waals surface area contributed by atoms with Crippen molar-refractivity contribution >= 4 is 29.9 Å². The Morgan fingerprint density at radius 2 is 2.00 bits per heavy atom. The first-order valence-electron chi connectivity index (χ1n) is 10.0. The summed E-state index contributed by atoms with van der Waals surface area (Å²) in [5.74, 6) is 2.52. The Morgan fingerprint density at radius 3 is 2.63 bits per heavy atom. The number of hydrogen-bond donors (Lipinski definition) is 2. The predicted molar refractivity (Wildman–Crippen MR) is 122 cm³/mol. The first-order valence-corrected chi connectivity index (χ1v) is 10.0. The monoisotopic (exact) mass is 492 g/mol. The third-order valence-corrected chi connectivity index (χ3v) is 4.77. The highest BCUT2D eigenvalue weighted by Gasteiger charge is 2.24. The first kappa shape index (κ1) is 24.2. The molecule has 0 aliphatic carbocycles. The van der Waals surface area contributed by atoms with E-state index in [4.69, 9.17) is 9.15 Å². The molecule has 1 aliphatic heterocycles. The van der Waals surface area contributed by atoms with E-state index in [1.54, 1.807) is 13.3 Å². The zero-order valence-electron chi connectivity index (χ0n) is 17.1. The molecule has 0 radical (unpaired) electrons. The minimum Gasteiger partial charge on any atom is -0.468 e. The van der Waals surface area contributed by atoms with E-state index in [9.17, 15) is 0 Å². The van der Waals surface area contributed by atoms with E-state index in [0.717, 1.165) is 50.9 Å². The number of nitrogens with zero attached hydrogens (tertiary/aromatic N) is 2. The molecule has 0 bridgehead atoms. The van der Waals surface area contributed by atoms with Gasteiger partial charge in [-0.1, -0.05) is 20.3 Å². The van der Waals surface area contributed by atoms with Gasteiger partial charge in [0.2, 0.25) is 0 Å². The Kier molecular flexibility index (Phi) is 12.8. The first-order chi connectivity index (χ1) is 12.7. The molecule has 0 amide bonds. The van der Waals surface area contributed by atoms with Crippen LogP contribution in [0.4, 0.5) is 0 Å². The molecule has 156 valence electrons. The highest BCUT2D eigenvalue weighted by molar-refractivity contribution is 14.0. The summed E-state index contributed by atoms with van der Waals surface area (Å²) in [6, 6.07) is 4.28. The molecule has 27 heavy (non-hydrogen) atoms. The summed E-state index contributed by atoms with van der Waals surface area (Å²) < 4.78 is 11.3. The fraction of sp³-hybridized carbons (Fsp3) is 0.750. The fourth-order valence-electron chi connectivity index (χ4n) is 3.20. The summed E-state index contributed by atoms with van der Waals surface area (Å²) >= 11 is 0. The molecule has 2 N–H and O–H groups in total. The number of likely N-dealkylation sites (tertiary alicyclic amines) is 1. The number of piperidine rings is 1. The second-order valence-electron chi connectivity index (χ2n) is 7.30. The minimum atomic E-state index is 0. The fourth-order valence-corrected chi connectivity index (χ4v) is 3.20. The van der Waals surface area contributed by atoms with E-state index in [1.165, 1.54) is 19.3 Å². The molecule has 7 heteroatoms. The number of guanidine groups is 1. The smallest absolute Gasteiger partial charge is 0.191 e. The Labute approximate surface area is 181 Å². The van der Waals surface area contributed by atoms with E-state index in [2.05, 4.69) is 40.4 Å². The van der Waals surface area contributed by atoms with Crippen molar-refractivity contribution in [2.75, 3.05) is 46.4 Å². The van der Waals surface area contributed by atoms with Crippen LogP contribution in [-0.4, -0.2) is 57.3 Å². The molecule has 2 rings (SSSR count). The van der Waals surface area contributed by atoms with Gasteiger partial charge in [0.15, 0.2) is 5.96 Å². The van der Waals surface area contributed by atoms with Gasteiger partial charge in [-0.15, -0.1) is 24.0 Å². The topological polar surface area (TPSA) is 62.0 Å². The van der Waals surface area contributed by atoms with Gasteiger partial charge >= 0.3 is 0 Å². The Morgan fingerprint density at radius 1 is 1.22 bits per heavy atom. The van der Waals surface area contributed by atoms with Crippen molar-refractivity contribution in [2.45, 2.75) is 45.6 Å². The zero-order chi connectivity index (χ0) is 18.6. The summed E-state index contributed by atoms with van der Waals surface area (Å²) in [6.45, 7) is 9.73. The third-order valence-electron chi connectivity index (χ3n) is 4.77. The van der Waals surface area contributed by atoms with Crippen LogP contribution in [0.1, 0.15) is 51.3 Å². The molecule has 1 saturated heterocycles. The maximum Gasteiger partial charge on any atom is 0.191 e. The average molecular weight is 492 g/mol. The van der Waals surface area contributed by atoms with Crippen molar-refractivity contribution in [2.24, 2.45) is 10.9 Å².